The summed E-state index contributed by atoms with van der Waals surface area (Å²) in [4.78, 5) is 19.5. The first kappa shape index (κ1) is 10.9. The molecule has 0 saturated heterocycles. The van der Waals surface area contributed by atoms with Crippen LogP contribution in [0.5, 0.6) is 0 Å². The zero-order valence-electron chi connectivity index (χ0n) is 9.77. The predicted octanol–water partition coefficient (Wildman–Crippen LogP) is 2.54. The van der Waals surface area contributed by atoms with Gasteiger partial charge in [0.15, 0.2) is 0 Å². The van der Waals surface area contributed by atoms with E-state index >= 15 is 0 Å². The lowest BCUT2D eigenvalue weighted by Gasteiger charge is -1.92. The van der Waals surface area contributed by atoms with Crippen LogP contribution >= 0.6 is 22.7 Å². The van der Waals surface area contributed by atoms with Crippen molar-refractivity contribution in [1.29, 1.82) is 0 Å². The summed E-state index contributed by atoms with van der Waals surface area (Å²) in [5.74, 6) is 0. The van der Waals surface area contributed by atoms with E-state index in [9.17, 15) is 4.79 Å². The second kappa shape index (κ2) is 3.61. The number of aryl methyl sites for hydroxylation is 3. The molecule has 0 radical (unpaired) electrons. The molecule has 0 spiro atoms. The first-order chi connectivity index (χ1) is 8.11. The van der Waals surface area contributed by atoms with Crippen molar-refractivity contribution in [2.24, 2.45) is 0 Å². The van der Waals surface area contributed by atoms with Crippen LogP contribution in [0.25, 0.3) is 15.2 Å². The monoisotopic (exact) mass is 265 g/mol. The summed E-state index contributed by atoms with van der Waals surface area (Å²) in [7, 11) is 0. The third-order valence-electron chi connectivity index (χ3n) is 2.87. The zero-order valence-corrected chi connectivity index (χ0v) is 11.4. The van der Waals surface area contributed by atoms with Crippen LogP contribution in [0.4, 0.5) is 0 Å². The molecule has 0 bridgehead atoms. The van der Waals surface area contributed by atoms with Crippen LogP contribution < -0.4 is 5.56 Å². The number of nitrogens with zero attached hydrogens (tertiary/aromatic N) is 3. The van der Waals surface area contributed by atoms with Crippen LogP contribution in [0, 0.1) is 13.8 Å². The maximum Gasteiger partial charge on any atom is 0.284 e. The molecule has 3 heterocycles. The van der Waals surface area contributed by atoms with Gasteiger partial charge in [0.05, 0.1) is 5.39 Å². The highest BCUT2D eigenvalue weighted by Crippen LogP contribution is 2.27. The summed E-state index contributed by atoms with van der Waals surface area (Å²) in [5.41, 5.74) is 0.991. The zero-order chi connectivity index (χ0) is 12.2. The lowest BCUT2D eigenvalue weighted by atomic mass is 10.2. The summed E-state index contributed by atoms with van der Waals surface area (Å²) in [5, 5.41) is 5.96. The fraction of sp³-hybridized carbons (Fsp3) is 0.364. The van der Waals surface area contributed by atoms with Gasteiger partial charge in [-0.3, -0.25) is 4.79 Å². The van der Waals surface area contributed by atoms with Crippen LogP contribution in [0.1, 0.15) is 22.4 Å². The molecule has 3 aromatic rings. The lowest BCUT2D eigenvalue weighted by molar-refractivity contribution is 0.871. The Balaban J connectivity index is 2.54. The number of fused-ring (bicyclic) bond motifs is 2. The molecule has 0 fully saturated rings. The van der Waals surface area contributed by atoms with Crippen LogP contribution in [0.3, 0.4) is 0 Å². The van der Waals surface area contributed by atoms with Crippen LogP contribution in [-0.2, 0) is 6.42 Å². The molecular weight excluding hydrogens is 254 g/mol. The van der Waals surface area contributed by atoms with Crippen LogP contribution in [-0.4, -0.2) is 14.6 Å². The van der Waals surface area contributed by atoms with E-state index in [0.29, 0.717) is 4.96 Å². The maximum absolute atomic E-state index is 12.3. The Morgan fingerprint density at radius 1 is 1.29 bits per heavy atom. The summed E-state index contributed by atoms with van der Waals surface area (Å²) < 4.78 is 1.44. The Hall–Kier alpha value is -1.27. The molecule has 0 aliphatic carbocycles. The van der Waals surface area contributed by atoms with E-state index < -0.39 is 0 Å². The third kappa shape index (κ3) is 1.44. The van der Waals surface area contributed by atoms with Crippen molar-refractivity contribution in [2.45, 2.75) is 27.2 Å². The molecule has 4 nitrogen and oxygen atoms in total. The minimum atomic E-state index is -0.0391. The summed E-state index contributed by atoms with van der Waals surface area (Å²) in [6, 6.07) is 0. The molecule has 0 unspecified atom stereocenters. The van der Waals surface area contributed by atoms with Gasteiger partial charge in [-0.15, -0.1) is 11.3 Å². The molecule has 17 heavy (non-hydrogen) atoms. The standard InChI is InChI=1S/C11H11N3OS2/c1-4-7-13-14-10(15)8-5(2)6(3)16-9(8)12-11(14)17-7/h4H2,1-3H3. The molecule has 0 aliphatic heterocycles. The first-order valence-electron chi connectivity index (χ1n) is 5.40. The lowest BCUT2D eigenvalue weighted by Crippen LogP contribution is -2.15. The average molecular weight is 265 g/mol. The fourth-order valence-corrected chi connectivity index (χ4v) is 3.70. The van der Waals surface area contributed by atoms with Gasteiger partial charge in [-0.1, -0.05) is 18.3 Å². The second-order valence-corrected chi connectivity index (χ2v) is 6.17. The van der Waals surface area contributed by atoms with E-state index in [1.54, 1.807) is 11.3 Å². The number of rotatable bonds is 1. The number of thiophene rings is 1. The first-order valence-corrected chi connectivity index (χ1v) is 7.03. The minimum absolute atomic E-state index is 0.0391. The summed E-state index contributed by atoms with van der Waals surface area (Å²) in [6.07, 6.45) is 0.832. The molecule has 3 rings (SSSR count). The van der Waals surface area contributed by atoms with Gasteiger partial charge in [-0.2, -0.15) is 9.61 Å². The molecule has 0 amide bonds. The predicted molar refractivity (Wildman–Crippen MR) is 71.4 cm³/mol. The topological polar surface area (TPSA) is 47.3 Å². The Kier molecular flexibility index (Phi) is 2.31. The highest BCUT2D eigenvalue weighted by molar-refractivity contribution is 7.19. The molecule has 3 aromatic heterocycles. The molecular formula is C11H11N3OS2. The molecule has 6 heteroatoms. The summed E-state index contributed by atoms with van der Waals surface area (Å²) >= 11 is 3.07. The van der Waals surface area contributed by atoms with Crippen LogP contribution in [0.2, 0.25) is 0 Å². The Labute approximate surface area is 106 Å². The van der Waals surface area contributed by atoms with Crippen LogP contribution in [0.15, 0.2) is 4.79 Å². The second-order valence-electron chi connectivity index (χ2n) is 3.92. The van der Waals surface area contributed by atoms with E-state index in [1.165, 1.54) is 15.9 Å². The maximum atomic E-state index is 12.3. The Morgan fingerprint density at radius 2 is 2.06 bits per heavy atom. The van der Waals surface area contributed by atoms with Crippen molar-refractivity contribution in [3.8, 4) is 0 Å². The smallest absolute Gasteiger partial charge is 0.266 e. The van der Waals surface area contributed by atoms with Crippen molar-refractivity contribution >= 4 is 37.9 Å². The minimum Gasteiger partial charge on any atom is -0.266 e. The van der Waals surface area contributed by atoms with E-state index in [4.69, 9.17) is 0 Å². The third-order valence-corrected chi connectivity index (χ3v) is 5.03. The van der Waals surface area contributed by atoms with Gasteiger partial charge >= 0.3 is 0 Å². The van der Waals surface area contributed by atoms with E-state index in [1.807, 2.05) is 20.8 Å². The van der Waals surface area contributed by atoms with E-state index in [-0.39, 0.29) is 5.56 Å². The van der Waals surface area contributed by atoms with E-state index in [2.05, 4.69) is 10.1 Å². The normalized spacial score (nSPS) is 11.7. The highest BCUT2D eigenvalue weighted by Gasteiger charge is 2.15. The van der Waals surface area contributed by atoms with Gasteiger partial charge in [-0.05, 0) is 25.8 Å². The van der Waals surface area contributed by atoms with Gasteiger partial charge in [0.25, 0.3) is 5.56 Å². The summed E-state index contributed by atoms with van der Waals surface area (Å²) in [6.45, 7) is 6.02. The molecule has 0 atom stereocenters. The van der Waals surface area contributed by atoms with Crippen molar-refractivity contribution in [3.05, 3.63) is 25.8 Å². The van der Waals surface area contributed by atoms with Gasteiger partial charge in [-0.25, -0.2) is 4.98 Å². The molecule has 88 valence electrons. The molecule has 0 saturated carbocycles. The van der Waals surface area contributed by atoms with E-state index in [0.717, 1.165) is 32.1 Å². The van der Waals surface area contributed by atoms with Crippen molar-refractivity contribution < 1.29 is 0 Å². The Morgan fingerprint density at radius 3 is 2.76 bits per heavy atom. The molecule has 0 aromatic carbocycles. The SMILES string of the molecule is CCc1nn2c(=O)c3c(C)c(C)sc3nc2s1. The van der Waals surface area contributed by atoms with Gasteiger partial charge < -0.3 is 0 Å². The van der Waals surface area contributed by atoms with Gasteiger partial charge in [0.2, 0.25) is 4.96 Å². The molecule has 0 N–H and O–H groups in total. The number of aromatic nitrogens is 3. The quantitative estimate of drug-likeness (QED) is 0.679. The van der Waals surface area contributed by atoms with Crippen molar-refractivity contribution in [2.75, 3.05) is 0 Å². The highest BCUT2D eigenvalue weighted by atomic mass is 32.1. The van der Waals surface area contributed by atoms with Gasteiger partial charge in [0, 0.05) is 4.88 Å². The van der Waals surface area contributed by atoms with Gasteiger partial charge in [0.1, 0.15) is 9.84 Å². The fourth-order valence-electron chi connectivity index (χ4n) is 1.80. The number of hydrogen-bond acceptors (Lipinski definition) is 5. The Bertz CT molecular complexity index is 781. The van der Waals surface area contributed by atoms with Crippen molar-refractivity contribution in [3.63, 3.8) is 0 Å². The average Bonchev–Trinajstić information content (AvgIpc) is 2.82. The van der Waals surface area contributed by atoms with Crippen molar-refractivity contribution in [1.82, 2.24) is 14.6 Å². The number of hydrogen-bond donors (Lipinski definition) is 0. The molecule has 0 aliphatic rings. The largest absolute Gasteiger partial charge is 0.284 e.